The second-order valence-corrected chi connectivity index (χ2v) is 5.93. The molecule has 6 nitrogen and oxygen atoms in total. The molecule has 0 aliphatic rings. The highest BCUT2D eigenvalue weighted by Gasteiger charge is 2.06. The van der Waals surface area contributed by atoms with Crippen molar-refractivity contribution in [1.82, 2.24) is 4.98 Å². The number of thiazole rings is 1. The van der Waals surface area contributed by atoms with Gasteiger partial charge in [-0.2, -0.15) is 0 Å². The van der Waals surface area contributed by atoms with Crippen LogP contribution in [0.5, 0.6) is 11.5 Å². The van der Waals surface area contributed by atoms with Gasteiger partial charge in [-0.25, -0.2) is 9.98 Å². The first-order chi connectivity index (χ1) is 10.5. The van der Waals surface area contributed by atoms with E-state index in [9.17, 15) is 0 Å². The highest BCUT2D eigenvalue weighted by molar-refractivity contribution is 7.11. The van der Waals surface area contributed by atoms with Gasteiger partial charge in [-0.15, -0.1) is 11.3 Å². The first-order valence-electron chi connectivity index (χ1n) is 6.75. The molecule has 3 N–H and O–H groups in total. The standard InChI is InChI=1S/C15H20N4O2S/c1-9-10(2)22-14(18-9)8-17-15(16)19-11-5-6-12(20-3)13(7-11)21-4/h5-7H,8H2,1-4H3,(H3,16,17,19). The summed E-state index contributed by atoms with van der Waals surface area (Å²) in [5.41, 5.74) is 7.73. The molecule has 0 spiro atoms. The van der Waals surface area contributed by atoms with Crippen LogP contribution < -0.4 is 20.5 Å². The number of anilines is 1. The first-order valence-corrected chi connectivity index (χ1v) is 7.57. The van der Waals surface area contributed by atoms with Crippen molar-refractivity contribution in [3.63, 3.8) is 0 Å². The number of nitrogens with zero attached hydrogens (tertiary/aromatic N) is 2. The molecular formula is C15H20N4O2S. The van der Waals surface area contributed by atoms with Crippen LogP contribution in [0, 0.1) is 13.8 Å². The number of nitrogens with two attached hydrogens (primary N) is 1. The summed E-state index contributed by atoms with van der Waals surface area (Å²) in [6.07, 6.45) is 0. The number of aliphatic imine (C=N–C) groups is 1. The number of ether oxygens (including phenoxy) is 2. The maximum atomic E-state index is 5.90. The third kappa shape index (κ3) is 3.88. The zero-order valence-corrected chi connectivity index (χ0v) is 14.0. The van der Waals surface area contributed by atoms with E-state index in [1.54, 1.807) is 31.6 Å². The molecule has 0 bridgehead atoms. The molecule has 7 heteroatoms. The van der Waals surface area contributed by atoms with E-state index in [4.69, 9.17) is 15.2 Å². The van der Waals surface area contributed by atoms with Crippen LogP contribution in [0.15, 0.2) is 23.2 Å². The van der Waals surface area contributed by atoms with Crippen molar-refractivity contribution in [1.29, 1.82) is 0 Å². The highest BCUT2D eigenvalue weighted by atomic mass is 32.1. The molecule has 0 atom stereocenters. The zero-order chi connectivity index (χ0) is 16.1. The van der Waals surface area contributed by atoms with Gasteiger partial charge >= 0.3 is 0 Å². The van der Waals surface area contributed by atoms with Crippen molar-refractivity contribution in [2.45, 2.75) is 20.4 Å². The molecule has 0 aliphatic carbocycles. The monoisotopic (exact) mass is 320 g/mol. The van der Waals surface area contributed by atoms with Crippen LogP contribution >= 0.6 is 11.3 Å². The molecule has 118 valence electrons. The summed E-state index contributed by atoms with van der Waals surface area (Å²) in [5, 5.41) is 3.98. The Balaban J connectivity index is 2.04. The van der Waals surface area contributed by atoms with E-state index in [2.05, 4.69) is 15.3 Å². The third-order valence-electron chi connectivity index (χ3n) is 3.11. The fourth-order valence-electron chi connectivity index (χ4n) is 1.86. The number of hydrogen-bond donors (Lipinski definition) is 2. The molecule has 0 aliphatic heterocycles. The smallest absolute Gasteiger partial charge is 0.193 e. The summed E-state index contributed by atoms with van der Waals surface area (Å²) in [6.45, 7) is 4.50. The topological polar surface area (TPSA) is 81.8 Å². The predicted octanol–water partition coefficient (Wildman–Crippen LogP) is 2.70. The second-order valence-electron chi connectivity index (χ2n) is 4.65. The van der Waals surface area contributed by atoms with Crippen molar-refractivity contribution in [2.75, 3.05) is 19.5 Å². The fraction of sp³-hybridized carbons (Fsp3) is 0.333. The number of benzene rings is 1. The predicted molar refractivity (Wildman–Crippen MR) is 90.1 cm³/mol. The maximum absolute atomic E-state index is 5.90. The van der Waals surface area contributed by atoms with Crippen molar-refractivity contribution < 1.29 is 9.47 Å². The molecule has 1 aromatic heterocycles. The molecule has 1 aromatic carbocycles. The minimum absolute atomic E-state index is 0.331. The molecular weight excluding hydrogens is 300 g/mol. The molecule has 22 heavy (non-hydrogen) atoms. The van der Waals surface area contributed by atoms with Crippen molar-refractivity contribution >= 4 is 23.0 Å². The second kappa shape index (κ2) is 7.13. The van der Waals surface area contributed by atoms with E-state index in [1.807, 2.05) is 26.0 Å². The van der Waals surface area contributed by atoms with Crippen LogP contribution in [-0.2, 0) is 6.54 Å². The lowest BCUT2D eigenvalue weighted by atomic mass is 10.3. The van der Waals surface area contributed by atoms with Gasteiger partial charge in [0.2, 0.25) is 0 Å². The number of methoxy groups -OCH3 is 2. The molecule has 1 heterocycles. The van der Waals surface area contributed by atoms with Crippen LogP contribution in [-0.4, -0.2) is 25.2 Å². The Morgan fingerprint density at radius 1 is 1.27 bits per heavy atom. The van der Waals surface area contributed by atoms with Gasteiger partial charge in [-0.1, -0.05) is 0 Å². The van der Waals surface area contributed by atoms with E-state index in [0.717, 1.165) is 16.4 Å². The lowest BCUT2D eigenvalue weighted by molar-refractivity contribution is 0.355. The highest BCUT2D eigenvalue weighted by Crippen LogP contribution is 2.29. The van der Waals surface area contributed by atoms with E-state index in [-0.39, 0.29) is 0 Å². The van der Waals surface area contributed by atoms with Crippen LogP contribution in [0.25, 0.3) is 0 Å². The Kier molecular flexibility index (Phi) is 5.21. The molecule has 0 amide bonds. The van der Waals surface area contributed by atoms with Crippen LogP contribution in [0.4, 0.5) is 5.69 Å². The summed E-state index contributed by atoms with van der Waals surface area (Å²) < 4.78 is 10.4. The first kappa shape index (κ1) is 16.1. The SMILES string of the molecule is COc1ccc(NC(N)=NCc2nc(C)c(C)s2)cc1OC. The van der Waals surface area contributed by atoms with Crippen molar-refractivity contribution in [2.24, 2.45) is 10.7 Å². The van der Waals surface area contributed by atoms with Gasteiger partial charge in [0.05, 0.1) is 26.5 Å². The van der Waals surface area contributed by atoms with Gasteiger partial charge in [0.1, 0.15) is 5.01 Å². The van der Waals surface area contributed by atoms with E-state index >= 15 is 0 Å². The Morgan fingerprint density at radius 3 is 2.59 bits per heavy atom. The average molecular weight is 320 g/mol. The van der Waals surface area contributed by atoms with Gasteiger partial charge < -0.3 is 20.5 Å². The lowest BCUT2D eigenvalue weighted by Gasteiger charge is -2.10. The molecule has 0 saturated heterocycles. The summed E-state index contributed by atoms with van der Waals surface area (Å²) in [5.74, 6) is 1.63. The number of guanidine groups is 1. The largest absolute Gasteiger partial charge is 0.493 e. The van der Waals surface area contributed by atoms with Crippen LogP contribution in [0.1, 0.15) is 15.6 Å². The third-order valence-corrected chi connectivity index (χ3v) is 4.17. The molecule has 2 rings (SSSR count). The zero-order valence-electron chi connectivity index (χ0n) is 13.1. The minimum Gasteiger partial charge on any atom is -0.493 e. The molecule has 0 saturated carbocycles. The van der Waals surface area contributed by atoms with E-state index in [1.165, 1.54) is 4.88 Å². The molecule has 0 unspecified atom stereocenters. The van der Waals surface area contributed by atoms with Gasteiger partial charge in [0.15, 0.2) is 17.5 Å². The fourth-order valence-corrected chi connectivity index (χ4v) is 2.72. The van der Waals surface area contributed by atoms with Crippen molar-refractivity contribution in [3.8, 4) is 11.5 Å². The van der Waals surface area contributed by atoms with Gasteiger partial charge in [0.25, 0.3) is 0 Å². The van der Waals surface area contributed by atoms with Crippen molar-refractivity contribution in [3.05, 3.63) is 33.8 Å². The normalized spacial score (nSPS) is 11.4. The van der Waals surface area contributed by atoms with Crippen LogP contribution in [0.2, 0.25) is 0 Å². The molecule has 0 fully saturated rings. The molecule has 2 aromatic rings. The Morgan fingerprint density at radius 2 is 2.00 bits per heavy atom. The van der Waals surface area contributed by atoms with E-state index in [0.29, 0.717) is 24.0 Å². The number of hydrogen-bond acceptors (Lipinski definition) is 5. The van der Waals surface area contributed by atoms with E-state index < -0.39 is 0 Å². The Labute approximate surface area is 134 Å². The summed E-state index contributed by atoms with van der Waals surface area (Å²) in [6, 6.07) is 5.46. The number of rotatable bonds is 5. The van der Waals surface area contributed by atoms with Gasteiger partial charge in [-0.05, 0) is 26.0 Å². The Bertz CT molecular complexity index is 663. The molecule has 0 radical (unpaired) electrons. The van der Waals surface area contributed by atoms with Crippen LogP contribution in [0.3, 0.4) is 0 Å². The summed E-state index contributed by atoms with van der Waals surface area (Å²) >= 11 is 1.64. The van der Waals surface area contributed by atoms with Gasteiger partial charge in [-0.3, -0.25) is 0 Å². The summed E-state index contributed by atoms with van der Waals surface area (Å²) in [7, 11) is 3.19. The summed E-state index contributed by atoms with van der Waals surface area (Å²) in [4.78, 5) is 9.94. The quantitative estimate of drug-likeness (QED) is 0.654. The number of nitrogens with one attached hydrogen (secondary N) is 1. The Hall–Kier alpha value is -2.28. The minimum atomic E-state index is 0.331. The average Bonchev–Trinajstić information content (AvgIpc) is 2.83. The number of aryl methyl sites for hydroxylation is 2. The lowest BCUT2D eigenvalue weighted by Crippen LogP contribution is -2.22. The van der Waals surface area contributed by atoms with Gasteiger partial charge in [0, 0.05) is 16.6 Å². The maximum Gasteiger partial charge on any atom is 0.193 e. The number of aromatic nitrogens is 1.